The van der Waals surface area contributed by atoms with Gasteiger partial charge in [0.15, 0.2) is 0 Å². The summed E-state index contributed by atoms with van der Waals surface area (Å²) < 4.78 is 27.7. The minimum atomic E-state index is -3.32. The van der Waals surface area contributed by atoms with Crippen molar-refractivity contribution in [1.29, 1.82) is 0 Å². The van der Waals surface area contributed by atoms with Gasteiger partial charge in [0.1, 0.15) is 0 Å². The van der Waals surface area contributed by atoms with Crippen LogP contribution < -0.4 is 10.0 Å². The van der Waals surface area contributed by atoms with Gasteiger partial charge in [-0.15, -0.1) is 0 Å². The van der Waals surface area contributed by atoms with E-state index in [9.17, 15) is 8.42 Å². The molecule has 0 unspecified atom stereocenters. The molecule has 1 aromatic heterocycles. The van der Waals surface area contributed by atoms with Gasteiger partial charge in [0.05, 0.1) is 0 Å². The molecule has 2 N–H and O–H groups in total. The number of pyridine rings is 1. The fourth-order valence-corrected chi connectivity index (χ4v) is 3.07. The van der Waals surface area contributed by atoms with Crippen LogP contribution in [0.4, 0.5) is 0 Å². The molecule has 1 aromatic rings. The van der Waals surface area contributed by atoms with E-state index >= 15 is 0 Å². The normalized spacial score (nSPS) is 11.9. The van der Waals surface area contributed by atoms with Gasteiger partial charge in [-0.05, 0) is 24.6 Å². The first-order valence-electron chi connectivity index (χ1n) is 6.94. The lowest BCUT2D eigenvalue weighted by Gasteiger charge is -2.18. The number of nitrogens with zero attached hydrogens (tertiary/aromatic N) is 2. The third kappa shape index (κ3) is 5.96. The first kappa shape index (κ1) is 17.0. The van der Waals surface area contributed by atoms with Gasteiger partial charge in [0.25, 0.3) is 10.2 Å². The second-order valence-corrected chi connectivity index (χ2v) is 6.13. The highest BCUT2D eigenvalue weighted by atomic mass is 32.2. The van der Waals surface area contributed by atoms with Crippen LogP contribution in [-0.4, -0.2) is 43.9 Å². The third-order valence-electron chi connectivity index (χ3n) is 2.91. The molecule has 0 spiro atoms. The molecule has 0 amide bonds. The molecular formula is C13H24N4O2S. The number of nitrogens with one attached hydrogen (secondary N) is 2. The van der Waals surface area contributed by atoms with Crippen molar-refractivity contribution in [3.8, 4) is 0 Å². The predicted octanol–water partition coefficient (Wildman–Crippen LogP) is 0.738. The molecule has 0 saturated carbocycles. The fourth-order valence-electron chi connectivity index (χ4n) is 1.80. The molecule has 0 aromatic carbocycles. The molecular weight excluding hydrogens is 276 g/mol. The van der Waals surface area contributed by atoms with E-state index in [1.54, 1.807) is 6.20 Å². The molecule has 6 nitrogen and oxygen atoms in total. The molecule has 1 heterocycles. The average molecular weight is 300 g/mol. The minimum Gasteiger partial charge on any atom is -0.313 e. The van der Waals surface area contributed by atoms with Gasteiger partial charge >= 0.3 is 0 Å². The quantitative estimate of drug-likeness (QED) is 0.625. The van der Waals surface area contributed by atoms with Crippen molar-refractivity contribution in [1.82, 2.24) is 19.3 Å². The summed E-state index contributed by atoms with van der Waals surface area (Å²) in [5, 5.41) is 3.26. The number of rotatable bonds is 10. The van der Waals surface area contributed by atoms with Crippen LogP contribution >= 0.6 is 0 Å². The van der Waals surface area contributed by atoms with Crippen molar-refractivity contribution in [2.45, 2.75) is 26.8 Å². The number of hydrogen-bond donors (Lipinski definition) is 2. The molecule has 114 valence electrons. The maximum Gasteiger partial charge on any atom is 0.279 e. The second kappa shape index (κ2) is 9.02. The minimum absolute atomic E-state index is 0.443. The SMILES string of the molecule is CCN(CC)S(=O)(=O)NCCCNCc1cccnc1. The number of hydrogen-bond acceptors (Lipinski definition) is 4. The van der Waals surface area contributed by atoms with E-state index in [1.807, 2.05) is 32.2 Å². The van der Waals surface area contributed by atoms with Crippen molar-refractivity contribution in [2.75, 3.05) is 26.2 Å². The molecule has 0 aliphatic heterocycles. The Morgan fingerprint density at radius 1 is 1.25 bits per heavy atom. The van der Waals surface area contributed by atoms with E-state index in [1.165, 1.54) is 4.31 Å². The van der Waals surface area contributed by atoms with E-state index in [0.29, 0.717) is 19.6 Å². The van der Waals surface area contributed by atoms with E-state index in [0.717, 1.165) is 25.1 Å². The Morgan fingerprint density at radius 2 is 2.00 bits per heavy atom. The summed E-state index contributed by atoms with van der Waals surface area (Å²) in [4.78, 5) is 4.03. The Morgan fingerprint density at radius 3 is 2.60 bits per heavy atom. The van der Waals surface area contributed by atoms with E-state index < -0.39 is 10.2 Å². The van der Waals surface area contributed by atoms with Crippen molar-refractivity contribution >= 4 is 10.2 Å². The molecule has 20 heavy (non-hydrogen) atoms. The fraction of sp³-hybridized carbons (Fsp3) is 0.615. The lowest BCUT2D eigenvalue weighted by Crippen LogP contribution is -2.41. The van der Waals surface area contributed by atoms with Gasteiger partial charge in [-0.3, -0.25) is 4.98 Å². The molecule has 1 rings (SSSR count). The van der Waals surface area contributed by atoms with Gasteiger partial charge < -0.3 is 5.32 Å². The van der Waals surface area contributed by atoms with Gasteiger partial charge in [0, 0.05) is 38.6 Å². The van der Waals surface area contributed by atoms with Crippen LogP contribution in [0.2, 0.25) is 0 Å². The summed E-state index contributed by atoms with van der Waals surface area (Å²) in [6.45, 7) is 6.59. The molecule has 0 bridgehead atoms. The Balaban J connectivity index is 2.16. The van der Waals surface area contributed by atoms with Crippen LogP contribution in [0.3, 0.4) is 0 Å². The van der Waals surface area contributed by atoms with Crippen LogP contribution in [0.1, 0.15) is 25.8 Å². The summed E-state index contributed by atoms with van der Waals surface area (Å²) in [5.41, 5.74) is 1.12. The van der Waals surface area contributed by atoms with Gasteiger partial charge in [-0.1, -0.05) is 19.9 Å². The van der Waals surface area contributed by atoms with E-state index in [4.69, 9.17) is 0 Å². The van der Waals surface area contributed by atoms with Crippen LogP contribution in [0.15, 0.2) is 24.5 Å². The predicted molar refractivity (Wildman–Crippen MR) is 80.4 cm³/mol. The summed E-state index contributed by atoms with van der Waals surface area (Å²) >= 11 is 0. The highest BCUT2D eigenvalue weighted by molar-refractivity contribution is 7.87. The lowest BCUT2D eigenvalue weighted by atomic mass is 10.3. The van der Waals surface area contributed by atoms with Crippen LogP contribution in [0.5, 0.6) is 0 Å². The van der Waals surface area contributed by atoms with Gasteiger partial charge in [-0.25, -0.2) is 4.72 Å². The standard InChI is InChI=1S/C13H24N4O2S/c1-3-17(4-2)20(18,19)16-10-6-9-15-12-13-7-5-8-14-11-13/h5,7-8,11,15-16H,3-4,6,9-10,12H2,1-2H3. The summed E-state index contributed by atoms with van der Waals surface area (Å²) in [6.07, 6.45) is 4.31. The van der Waals surface area contributed by atoms with Gasteiger partial charge in [0.2, 0.25) is 0 Å². The zero-order chi connectivity index (χ0) is 14.8. The molecule has 0 aliphatic rings. The topological polar surface area (TPSA) is 74.3 Å². The molecule has 7 heteroatoms. The Hall–Kier alpha value is -1.02. The van der Waals surface area contributed by atoms with Crippen LogP contribution in [-0.2, 0) is 16.8 Å². The van der Waals surface area contributed by atoms with E-state index in [-0.39, 0.29) is 0 Å². The largest absolute Gasteiger partial charge is 0.313 e. The first-order chi connectivity index (χ1) is 9.60. The highest BCUT2D eigenvalue weighted by Crippen LogP contribution is 1.97. The molecule has 0 saturated heterocycles. The monoisotopic (exact) mass is 300 g/mol. The summed E-state index contributed by atoms with van der Waals surface area (Å²) in [6, 6.07) is 3.90. The second-order valence-electron chi connectivity index (χ2n) is 4.38. The van der Waals surface area contributed by atoms with Crippen molar-refractivity contribution in [2.24, 2.45) is 0 Å². The molecule has 0 fully saturated rings. The zero-order valence-corrected chi connectivity index (χ0v) is 13.0. The van der Waals surface area contributed by atoms with Gasteiger partial charge in [-0.2, -0.15) is 12.7 Å². The summed E-state index contributed by atoms with van der Waals surface area (Å²) in [5.74, 6) is 0. The third-order valence-corrected chi connectivity index (χ3v) is 4.68. The Kier molecular flexibility index (Phi) is 7.68. The maximum absolute atomic E-state index is 11.8. The van der Waals surface area contributed by atoms with Crippen molar-refractivity contribution in [3.63, 3.8) is 0 Å². The zero-order valence-electron chi connectivity index (χ0n) is 12.2. The summed E-state index contributed by atoms with van der Waals surface area (Å²) in [7, 11) is -3.32. The van der Waals surface area contributed by atoms with Crippen molar-refractivity contribution in [3.05, 3.63) is 30.1 Å². The average Bonchev–Trinajstić information content (AvgIpc) is 2.44. The Bertz CT molecular complexity index is 461. The maximum atomic E-state index is 11.8. The van der Waals surface area contributed by atoms with E-state index in [2.05, 4.69) is 15.0 Å². The number of aromatic nitrogens is 1. The Labute approximate surface area is 121 Å². The first-order valence-corrected chi connectivity index (χ1v) is 8.38. The highest BCUT2D eigenvalue weighted by Gasteiger charge is 2.16. The molecule has 0 aliphatic carbocycles. The lowest BCUT2D eigenvalue weighted by molar-refractivity contribution is 0.434. The molecule has 0 atom stereocenters. The van der Waals surface area contributed by atoms with Crippen LogP contribution in [0, 0.1) is 0 Å². The van der Waals surface area contributed by atoms with Crippen molar-refractivity contribution < 1.29 is 8.42 Å². The molecule has 0 radical (unpaired) electrons. The smallest absolute Gasteiger partial charge is 0.279 e. The van der Waals surface area contributed by atoms with Crippen LogP contribution in [0.25, 0.3) is 0 Å².